The minimum absolute atomic E-state index is 0. The maximum Gasteiger partial charge on any atom is 0.485 e. The fourth-order valence-corrected chi connectivity index (χ4v) is 7.24. The molecule has 38 heavy (non-hydrogen) atoms. The molecule has 0 unspecified atom stereocenters. The molecule has 2 bridgehead atoms. The molecule has 2 aromatic rings. The van der Waals surface area contributed by atoms with E-state index in [1.807, 2.05) is 11.8 Å². The van der Waals surface area contributed by atoms with Gasteiger partial charge in [0.25, 0.3) is 0 Å². The van der Waals surface area contributed by atoms with Crippen molar-refractivity contribution in [2.45, 2.75) is 49.0 Å². The number of hydrogen-bond acceptors (Lipinski definition) is 5. The van der Waals surface area contributed by atoms with Crippen molar-refractivity contribution in [3.63, 3.8) is 0 Å². The molecule has 2 aromatic carbocycles. The maximum atomic E-state index is 10.7. The first kappa shape index (κ1) is 33.2. The molecular weight excluding hydrogens is 643 g/mol. The van der Waals surface area contributed by atoms with Gasteiger partial charge in [-0.1, -0.05) is 97.8 Å². The Morgan fingerprint density at radius 2 is 1.29 bits per heavy atom. The van der Waals surface area contributed by atoms with Gasteiger partial charge in [-0.05, 0) is 37.4 Å². The molecule has 1 fully saturated rings. The van der Waals surface area contributed by atoms with Crippen LogP contribution in [-0.2, 0) is 34.1 Å². The van der Waals surface area contributed by atoms with Crippen molar-refractivity contribution in [1.82, 2.24) is 0 Å². The molecule has 11 heteroatoms. The molecule has 5 rings (SSSR count). The zero-order valence-electron chi connectivity index (χ0n) is 20.8. The van der Waals surface area contributed by atoms with Crippen molar-refractivity contribution in [2.75, 3.05) is 6.26 Å². The van der Waals surface area contributed by atoms with Crippen molar-refractivity contribution in [3.8, 4) is 0 Å². The van der Waals surface area contributed by atoms with Gasteiger partial charge in [-0.2, -0.15) is 24.9 Å². The third-order valence-corrected chi connectivity index (χ3v) is 9.93. The molecule has 0 saturated heterocycles. The third-order valence-electron chi connectivity index (χ3n) is 6.21. The molecule has 0 amide bonds. The topological polar surface area (TPSA) is 66.4 Å². The molecule has 4 nitrogen and oxygen atoms in total. The smallest absolute Gasteiger partial charge is 0.485 e. The fraction of sp³-hybridized carbons (Fsp3) is 0.407. The maximum absolute atomic E-state index is 10.7. The van der Waals surface area contributed by atoms with Crippen LogP contribution in [0.5, 0.6) is 0 Å². The van der Waals surface area contributed by atoms with Crippen LogP contribution in [0, 0.1) is 11.8 Å². The number of allylic oxidation sites excluding steroid dienone is 4. The summed E-state index contributed by atoms with van der Waals surface area (Å²) >= 11 is 1.97. The zero-order valence-corrected chi connectivity index (χ0v) is 25.0. The number of fused-ring (bicyclic) bond motifs is 2. The first-order chi connectivity index (χ1) is 17.6. The van der Waals surface area contributed by atoms with Gasteiger partial charge in [-0.15, -0.1) is 0 Å². The van der Waals surface area contributed by atoms with Gasteiger partial charge in [0.05, 0.1) is 14.3 Å². The summed E-state index contributed by atoms with van der Waals surface area (Å²) in [4.78, 5) is 0. The zero-order chi connectivity index (χ0) is 26.9. The second-order valence-corrected chi connectivity index (χ2v) is 13.2. The van der Waals surface area contributed by atoms with Gasteiger partial charge in [0.2, 0.25) is 0 Å². The molecule has 0 spiro atoms. The van der Waals surface area contributed by atoms with E-state index in [0.717, 1.165) is 11.8 Å². The molecule has 211 valence electrons. The Labute approximate surface area is 241 Å². The Balaban J connectivity index is 0.000000259. The monoisotopic (exact) mass is 674 g/mol. The van der Waals surface area contributed by atoms with Crippen molar-refractivity contribution in [2.24, 2.45) is 11.8 Å². The summed E-state index contributed by atoms with van der Waals surface area (Å²) in [6.45, 7) is 0. The van der Waals surface area contributed by atoms with Crippen molar-refractivity contribution >= 4 is 40.6 Å². The van der Waals surface area contributed by atoms with Gasteiger partial charge in [-0.25, -0.2) is 8.42 Å². The largest absolute Gasteiger partial charge is 0.741 e. The average molecular weight is 675 g/mol. The van der Waals surface area contributed by atoms with Crippen LogP contribution in [0.1, 0.15) is 32.1 Å². The van der Waals surface area contributed by atoms with Crippen LogP contribution in [-0.4, -0.2) is 36.1 Å². The molecule has 1 saturated carbocycles. The summed E-state index contributed by atoms with van der Waals surface area (Å²) < 4.78 is 65.6. The Morgan fingerprint density at radius 3 is 1.63 bits per heavy atom. The van der Waals surface area contributed by atoms with E-state index >= 15 is 0 Å². The van der Waals surface area contributed by atoms with Crippen LogP contribution in [0.2, 0.25) is 0 Å². The van der Waals surface area contributed by atoms with Crippen LogP contribution in [0.3, 0.4) is 0 Å². The number of alkyl halides is 3. The van der Waals surface area contributed by atoms with E-state index < -0.39 is 23.8 Å². The minimum atomic E-state index is -6.09. The van der Waals surface area contributed by atoms with E-state index in [4.69, 9.17) is 17.5 Å². The van der Waals surface area contributed by atoms with Crippen LogP contribution in [0.15, 0.2) is 85.0 Å². The van der Waals surface area contributed by atoms with Gasteiger partial charge in [0.15, 0.2) is 10.1 Å². The van der Waals surface area contributed by atoms with Crippen molar-refractivity contribution in [3.05, 3.63) is 85.0 Å². The van der Waals surface area contributed by atoms with Crippen molar-refractivity contribution < 1.29 is 50.1 Å². The number of thioether (sulfide) groups is 1. The van der Waals surface area contributed by atoms with E-state index in [0.29, 0.717) is 11.4 Å². The molecule has 0 heterocycles. The molecule has 3 aliphatic carbocycles. The van der Waals surface area contributed by atoms with Gasteiger partial charge < -0.3 is 9.08 Å². The predicted molar refractivity (Wildman–Crippen MR) is 145 cm³/mol. The van der Waals surface area contributed by atoms with Gasteiger partial charge >= 0.3 is 5.51 Å². The summed E-state index contributed by atoms with van der Waals surface area (Å²) in [5, 5.41) is 3.27. The number of benzene rings is 2. The quantitative estimate of drug-likeness (QED) is 0.119. The number of hydrogen-bond donors (Lipinski definition) is 0. The third kappa shape index (κ3) is 10.2. The molecule has 0 aromatic heterocycles. The van der Waals surface area contributed by atoms with E-state index in [-0.39, 0.29) is 19.5 Å². The molecular formula is C27H31F3O4PRhS2-. The van der Waals surface area contributed by atoms with E-state index in [2.05, 4.69) is 91.2 Å². The van der Waals surface area contributed by atoms with Crippen molar-refractivity contribution in [1.29, 1.82) is 0 Å². The van der Waals surface area contributed by atoms with Crippen LogP contribution >= 0.6 is 19.9 Å². The van der Waals surface area contributed by atoms with Gasteiger partial charge in [0, 0.05) is 35.3 Å². The molecule has 1 radical (unpaired) electrons. The summed E-state index contributed by atoms with van der Waals surface area (Å²) in [6, 6.07) is 21.4. The Morgan fingerprint density at radius 1 is 0.868 bits per heavy atom. The average Bonchev–Trinajstić information content (AvgIpc) is 3.55. The summed E-state index contributed by atoms with van der Waals surface area (Å²) in [5.41, 5.74) is -5.65. The minimum Gasteiger partial charge on any atom is -0.741 e. The Hall–Kier alpha value is -1.02. The SMILES string of the molecule is C1=CC2C=CC1C2.CS[C@H]1CCCC[C@@H]1OP(c1ccccc1)c1ccccc1.O=S(=O)([O-])C(F)(F)F.[Rh]. The molecule has 2 atom stereocenters. The first-order valence-corrected chi connectivity index (χ1v) is 16.0. The summed E-state index contributed by atoms with van der Waals surface area (Å²) in [7, 11) is -6.81. The summed E-state index contributed by atoms with van der Waals surface area (Å²) in [6.07, 6.45) is 18.3. The van der Waals surface area contributed by atoms with Crippen LogP contribution < -0.4 is 10.6 Å². The normalized spacial score (nSPS) is 23.6. The van der Waals surface area contributed by atoms with Crippen LogP contribution in [0.4, 0.5) is 13.2 Å². The van der Waals surface area contributed by atoms with E-state index in [1.165, 1.54) is 42.7 Å². The second-order valence-electron chi connectivity index (χ2n) is 8.90. The number of rotatable bonds is 5. The Kier molecular flexibility index (Phi) is 13.7. The van der Waals surface area contributed by atoms with Crippen LogP contribution in [0.25, 0.3) is 0 Å². The molecule has 0 aliphatic heterocycles. The Bertz CT molecular complexity index is 1060. The van der Waals surface area contributed by atoms with Gasteiger partial charge in [0.1, 0.15) is 0 Å². The number of halogens is 3. The van der Waals surface area contributed by atoms with Gasteiger partial charge in [-0.3, -0.25) is 0 Å². The van der Waals surface area contributed by atoms with E-state index in [1.54, 1.807) is 0 Å². The second kappa shape index (κ2) is 15.7. The fourth-order valence-electron chi connectivity index (χ4n) is 4.31. The molecule has 3 aliphatic rings. The first-order valence-electron chi connectivity index (χ1n) is 12.1. The molecule has 0 N–H and O–H groups in total. The standard InChI is InChI=1S/C19H23OPS.C7H8.CHF3O3S.Rh/c1-22-19-15-9-8-14-18(19)20-21(16-10-4-2-5-11-16)17-12-6-3-7-13-17;1-2-7-4-3-6(1)5-7;2-1(3,4)8(5,6)7;/h2-7,10-13,18-19H,8-9,14-15H2,1H3;1-4,6-7H,5H2;(H,5,6,7);/p-1/t18-,19-;;;/m0.../s1. The predicted octanol–water partition coefficient (Wildman–Crippen LogP) is 6.52. The summed E-state index contributed by atoms with van der Waals surface area (Å²) in [5.74, 6) is 1.62. The van der Waals surface area contributed by atoms with E-state index in [9.17, 15) is 13.2 Å².